The highest BCUT2D eigenvalue weighted by atomic mass is 32.2. The minimum Gasteiger partial charge on any atom is -0.389 e. The van der Waals surface area contributed by atoms with Gasteiger partial charge in [-0.3, -0.25) is 4.31 Å². The Hall–Kier alpha value is -1.21. The Balaban J connectivity index is 2.44. The third-order valence-corrected chi connectivity index (χ3v) is 5.05. The van der Waals surface area contributed by atoms with Crippen LogP contribution < -0.4 is 10.0 Å². The summed E-state index contributed by atoms with van der Waals surface area (Å²) in [6.45, 7) is 2.12. The number of anilines is 1. The highest BCUT2D eigenvalue weighted by molar-refractivity contribution is 7.93. The van der Waals surface area contributed by atoms with Gasteiger partial charge >= 0.3 is 0 Å². The van der Waals surface area contributed by atoms with E-state index >= 15 is 0 Å². The molecule has 4 nitrogen and oxygen atoms in total. The first-order chi connectivity index (χ1) is 8.31. The molecule has 1 heterocycles. The molecule has 18 heavy (non-hydrogen) atoms. The van der Waals surface area contributed by atoms with Crippen molar-refractivity contribution in [2.75, 3.05) is 16.6 Å². The lowest BCUT2D eigenvalue weighted by Crippen LogP contribution is -2.26. The van der Waals surface area contributed by atoms with Crippen LogP contribution in [0.4, 0.5) is 10.1 Å². The predicted octanol–water partition coefficient (Wildman–Crippen LogP) is 1.25. The van der Waals surface area contributed by atoms with Crippen LogP contribution in [0.25, 0.3) is 0 Å². The van der Waals surface area contributed by atoms with Crippen molar-refractivity contribution in [2.45, 2.75) is 6.92 Å². The molecular weight excluding hydrogens is 275 g/mol. The molecule has 1 fully saturated rings. The Morgan fingerprint density at radius 3 is 2.67 bits per heavy atom. The lowest BCUT2D eigenvalue weighted by molar-refractivity contribution is 0.594. The Kier molecular flexibility index (Phi) is 3.29. The average molecular weight is 288 g/mol. The van der Waals surface area contributed by atoms with E-state index in [0.29, 0.717) is 12.1 Å². The van der Waals surface area contributed by atoms with Gasteiger partial charge < -0.3 is 5.73 Å². The number of thiocarbonyl (C=S) groups is 1. The maximum absolute atomic E-state index is 13.9. The number of hydrogen-bond donors (Lipinski definition) is 1. The first-order valence-corrected chi connectivity index (χ1v) is 7.43. The number of halogens is 1. The van der Waals surface area contributed by atoms with Gasteiger partial charge in [0, 0.05) is 12.1 Å². The molecule has 98 valence electrons. The molecule has 0 spiro atoms. The molecule has 7 heteroatoms. The van der Waals surface area contributed by atoms with Crippen molar-refractivity contribution in [1.29, 1.82) is 0 Å². The second kappa shape index (κ2) is 4.47. The summed E-state index contributed by atoms with van der Waals surface area (Å²) in [4.78, 5) is 0.0816. The van der Waals surface area contributed by atoms with E-state index in [1.54, 1.807) is 0 Å². The largest absolute Gasteiger partial charge is 0.389 e. The highest BCUT2D eigenvalue weighted by Crippen LogP contribution is 2.29. The SMILES string of the molecule is CC1CN(c2ccc(C(N)=S)cc2F)S(=O)(=O)C1. The van der Waals surface area contributed by atoms with Gasteiger partial charge in [-0.2, -0.15) is 0 Å². The van der Waals surface area contributed by atoms with E-state index in [2.05, 4.69) is 0 Å². The van der Waals surface area contributed by atoms with Gasteiger partial charge in [-0.25, -0.2) is 12.8 Å². The van der Waals surface area contributed by atoms with Gasteiger partial charge in [-0.05, 0) is 24.1 Å². The number of hydrogen-bond acceptors (Lipinski definition) is 3. The van der Waals surface area contributed by atoms with Gasteiger partial charge in [0.2, 0.25) is 10.0 Å². The summed E-state index contributed by atoms with van der Waals surface area (Å²) in [6.07, 6.45) is 0. The minimum atomic E-state index is -3.42. The smallest absolute Gasteiger partial charge is 0.235 e. The number of sulfonamides is 1. The van der Waals surface area contributed by atoms with Crippen LogP contribution in [0.2, 0.25) is 0 Å². The van der Waals surface area contributed by atoms with E-state index in [1.807, 2.05) is 6.92 Å². The lowest BCUT2D eigenvalue weighted by atomic mass is 10.1. The molecular formula is C11H13FN2O2S2. The van der Waals surface area contributed by atoms with Gasteiger partial charge in [0.25, 0.3) is 0 Å². The predicted molar refractivity (Wildman–Crippen MR) is 72.6 cm³/mol. The van der Waals surface area contributed by atoms with Crippen molar-refractivity contribution in [3.8, 4) is 0 Å². The van der Waals surface area contributed by atoms with Crippen LogP contribution in [-0.2, 0) is 10.0 Å². The van der Waals surface area contributed by atoms with Crippen LogP contribution in [0.15, 0.2) is 18.2 Å². The number of rotatable bonds is 2. The molecule has 0 amide bonds. The van der Waals surface area contributed by atoms with Gasteiger partial charge in [0.05, 0.1) is 11.4 Å². The molecule has 1 unspecified atom stereocenters. The zero-order valence-electron chi connectivity index (χ0n) is 9.76. The standard InChI is InChI=1S/C11H13FN2O2S2/c1-7-5-14(18(15,16)6-7)10-3-2-8(11(13)17)4-9(10)12/h2-4,7H,5-6H2,1H3,(H2,13,17). The number of nitrogens with zero attached hydrogens (tertiary/aromatic N) is 1. The second-order valence-electron chi connectivity index (χ2n) is 4.45. The van der Waals surface area contributed by atoms with Gasteiger partial charge in [0.1, 0.15) is 10.8 Å². The van der Waals surface area contributed by atoms with Crippen molar-refractivity contribution in [2.24, 2.45) is 11.7 Å². The lowest BCUT2D eigenvalue weighted by Gasteiger charge is -2.18. The molecule has 1 saturated heterocycles. The second-order valence-corrected chi connectivity index (χ2v) is 6.82. The zero-order chi connectivity index (χ0) is 13.5. The van der Waals surface area contributed by atoms with Crippen molar-refractivity contribution in [3.63, 3.8) is 0 Å². The molecule has 0 bridgehead atoms. The average Bonchev–Trinajstić information content (AvgIpc) is 2.51. The van der Waals surface area contributed by atoms with Gasteiger partial charge in [0.15, 0.2) is 0 Å². The third kappa shape index (κ3) is 2.32. The minimum absolute atomic E-state index is 0.00957. The monoisotopic (exact) mass is 288 g/mol. The summed E-state index contributed by atoms with van der Waals surface area (Å²) in [5, 5.41) is 0. The Bertz CT molecular complexity index is 601. The van der Waals surface area contributed by atoms with Gasteiger partial charge in [-0.1, -0.05) is 19.1 Å². The molecule has 0 radical (unpaired) electrons. The normalized spacial score (nSPS) is 22.1. The quantitative estimate of drug-likeness (QED) is 0.832. The summed E-state index contributed by atoms with van der Waals surface area (Å²) >= 11 is 4.74. The van der Waals surface area contributed by atoms with Crippen molar-refractivity contribution in [1.82, 2.24) is 0 Å². The molecule has 1 atom stereocenters. The molecule has 1 aromatic rings. The molecule has 1 aliphatic rings. The van der Waals surface area contributed by atoms with Crippen LogP contribution in [0.5, 0.6) is 0 Å². The van der Waals surface area contributed by atoms with Gasteiger partial charge in [-0.15, -0.1) is 0 Å². The highest BCUT2D eigenvalue weighted by Gasteiger charge is 2.35. The van der Waals surface area contributed by atoms with Crippen molar-refractivity contribution >= 4 is 32.9 Å². The summed E-state index contributed by atoms with van der Waals surface area (Å²) in [6, 6.07) is 4.09. The van der Waals surface area contributed by atoms with E-state index in [0.717, 1.165) is 10.4 Å². The maximum Gasteiger partial charge on any atom is 0.235 e. The van der Waals surface area contributed by atoms with E-state index in [1.165, 1.54) is 12.1 Å². The summed E-state index contributed by atoms with van der Waals surface area (Å²) in [7, 11) is -3.42. The van der Waals surface area contributed by atoms with E-state index in [9.17, 15) is 12.8 Å². The Morgan fingerprint density at radius 2 is 2.22 bits per heavy atom. The maximum atomic E-state index is 13.9. The molecule has 2 rings (SSSR count). The Morgan fingerprint density at radius 1 is 1.56 bits per heavy atom. The van der Waals surface area contributed by atoms with E-state index in [4.69, 9.17) is 18.0 Å². The molecule has 0 aliphatic carbocycles. The first kappa shape index (κ1) is 13.2. The van der Waals surface area contributed by atoms with Crippen molar-refractivity contribution in [3.05, 3.63) is 29.6 Å². The zero-order valence-corrected chi connectivity index (χ0v) is 11.4. The van der Waals surface area contributed by atoms with Crippen molar-refractivity contribution < 1.29 is 12.8 Å². The molecule has 0 aromatic heterocycles. The van der Waals surface area contributed by atoms with Crippen LogP contribution in [0.1, 0.15) is 12.5 Å². The number of benzene rings is 1. The van der Waals surface area contributed by atoms with E-state index < -0.39 is 15.8 Å². The van der Waals surface area contributed by atoms with Crippen LogP contribution in [0, 0.1) is 11.7 Å². The molecule has 2 N–H and O–H groups in total. The fraction of sp³-hybridized carbons (Fsp3) is 0.364. The summed E-state index contributed by atoms with van der Waals surface area (Å²) in [5.74, 6) is -0.591. The molecule has 0 saturated carbocycles. The van der Waals surface area contributed by atoms with E-state index in [-0.39, 0.29) is 22.3 Å². The molecule has 1 aromatic carbocycles. The number of nitrogens with two attached hydrogens (primary N) is 1. The van der Waals surface area contributed by atoms with Crippen LogP contribution in [-0.4, -0.2) is 25.7 Å². The summed E-state index contributed by atoms with van der Waals surface area (Å²) in [5.41, 5.74) is 5.83. The van der Waals surface area contributed by atoms with Crippen LogP contribution in [0.3, 0.4) is 0 Å². The fourth-order valence-electron chi connectivity index (χ4n) is 2.01. The first-order valence-electron chi connectivity index (χ1n) is 5.41. The summed E-state index contributed by atoms with van der Waals surface area (Å²) < 4.78 is 38.7. The fourth-order valence-corrected chi connectivity index (χ4v) is 4.07. The third-order valence-electron chi connectivity index (χ3n) is 2.81. The molecule has 1 aliphatic heterocycles. The Labute approximate surface area is 111 Å². The topological polar surface area (TPSA) is 63.4 Å². The van der Waals surface area contributed by atoms with Crippen LogP contribution >= 0.6 is 12.2 Å².